The fraction of sp³-hybridized carbons (Fsp3) is 0.448. The molecule has 1 saturated heterocycles. The van der Waals surface area contributed by atoms with Gasteiger partial charge in [0.1, 0.15) is 11.4 Å². The zero-order chi connectivity index (χ0) is 26.5. The summed E-state index contributed by atoms with van der Waals surface area (Å²) in [5.41, 5.74) is 4.07. The maximum absolute atomic E-state index is 13.7. The topological polar surface area (TPSA) is 89.2 Å². The standard InChI is InChI=1S/C29H36N4O5/c1-4-16-38-23-11-8-21(19-24(23)36-3)28-25-26(20-6-9-22(35-2)10-7-20)30-31-27(25)29(34)33(28)13-5-12-32-14-17-37-18-15-32/h6-11,19,28H,4-5,12-18H2,1-3H3,(H,30,31). The van der Waals surface area contributed by atoms with Crippen LogP contribution in [0.3, 0.4) is 0 Å². The first-order valence-electron chi connectivity index (χ1n) is 13.3. The zero-order valence-corrected chi connectivity index (χ0v) is 22.4. The van der Waals surface area contributed by atoms with Crippen LogP contribution in [0.5, 0.6) is 17.2 Å². The number of nitrogens with zero attached hydrogens (tertiary/aromatic N) is 3. The number of amides is 1. The van der Waals surface area contributed by atoms with Crippen molar-refractivity contribution in [1.82, 2.24) is 20.0 Å². The van der Waals surface area contributed by atoms with Crippen molar-refractivity contribution in [2.75, 3.05) is 60.2 Å². The molecule has 9 nitrogen and oxygen atoms in total. The predicted octanol–water partition coefficient (Wildman–Crippen LogP) is 4.15. The Morgan fingerprint density at radius 3 is 2.53 bits per heavy atom. The molecule has 38 heavy (non-hydrogen) atoms. The van der Waals surface area contributed by atoms with Gasteiger partial charge in [0.05, 0.1) is 45.8 Å². The fourth-order valence-corrected chi connectivity index (χ4v) is 5.22. The maximum atomic E-state index is 13.7. The number of benzene rings is 2. The highest BCUT2D eigenvalue weighted by Gasteiger charge is 2.42. The van der Waals surface area contributed by atoms with Crippen LogP contribution in [0, 0.1) is 0 Å². The molecule has 1 amide bonds. The summed E-state index contributed by atoms with van der Waals surface area (Å²) >= 11 is 0. The average Bonchev–Trinajstić information content (AvgIpc) is 3.51. The van der Waals surface area contributed by atoms with Gasteiger partial charge in [-0.25, -0.2) is 0 Å². The summed E-state index contributed by atoms with van der Waals surface area (Å²) in [5, 5.41) is 7.63. The van der Waals surface area contributed by atoms with Gasteiger partial charge in [-0.2, -0.15) is 5.10 Å². The molecule has 3 aromatic rings. The third-order valence-electron chi connectivity index (χ3n) is 7.17. The van der Waals surface area contributed by atoms with Crippen LogP contribution >= 0.6 is 0 Å². The molecule has 9 heteroatoms. The van der Waals surface area contributed by atoms with Crippen molar-refractivity contribution < 1.29 is 23.7 Å². The van der Waals surface area contributed by atoms with Gasteiger partial charge in [0.25, 0.3) is 5.91 Å². The Labute approximate surface area is 223 Å². The number of hydrogen-bond acceptors (Lipinski definition) is 7. The normalized spacial score (nSPS) is 17.5. The summed E-state index contributed by atoms with van der Waals surface area (Å²) in [7, 11) is 3.29. The number of methoxy groups -OCH3 is 2. The molecule has 1 N–H and O–H groups in total. The van der Waals surface area contributed by atoms with E-state index < -0.39 is 0 Å². The molecule has 0 saturated carbocycles. The molecule has 5 rings (SSSR count). The lowest BCUT2D eigenvalue weighted by Gasteiger charge is -2.30. The SMILES string of the molecule is CCCOc1ccc(C2c3c(-c4ccc(OC)cc4)n[nH]c3C(=O)N2CCCN2CCOCC2)cc1OC. The van der Waals surface area contributed by atoms with E-state index in [0.717, 1.165) is 73.8 Å². The quantitative estimate of drug-likeness (QED) is 0.406. The van der Waals surface area contributed by atoms with Gasteiger partial charge in [0.15, 0.2) is 11.5 Å². The van der Waals surface area contributed by atoms with Crippen LogP contribution in [0.4, 0.5) is 0 Å². The van der Waals surface area contributed by atoms with E-state index in [1.807, 2.05) is 47.4 Å². The summed E-state index contributed by atoms with van der Waals surface area (Å²) in [6.07, 6.45) is 1.77. The molecule has 1 atom stereocenters. The number of hydrogen-bond donors (Lipinski definition) is 1. The van der Waals surface area contributed by atoms with Crippen molar-refractivity contribution in [3.05, 3.63) is 59.3 Å². The van der Waals surface area contributed by atoms with Crippen molar-refractivity contribution in [1.29, 1.82) is 0 Å². The summed E-state index contributed by atoms with van der Waals surface area (Å²) < 4.78 is 22.4. The van der Waals surface area contributed by atoms with Gasteiger partial charge < -0.3 is 23.8 Å². The molecule has 202 valence electrons. The first-order chi connectivity index (χ1) is 18.6. The second kappa shape index (κ2) is 11.9. The van der Waals surface area contributed by atoms with Gasteiger partial charge in [-0.05, 0) is 54.8 Å². The molecule has 3 heterocycles. The predicted molar refractivity (Wildman–Crippen MR) is 144 cm³/mol. The summed E-state index contributed by atoms with van der Waals surface area (Å²) in [5.74, 6) is 2.08. The number of rotatable bonds is 11. The number of nitrogens with one attached hydrogen (secondary N) is 1. The van der Waals surface area contributed by atoms with Gasteiger partial charge >= 0.3 is 0 Å². The van der Waals surface area contributed by atoms with Gasteiger partial charge in [0, 0.05) is 37.3 Å². The Bertz CT molecular complexity index is 1240. The minimum Gasteiger partial charge on any atom is -0.497 e. The van der Waals surface area contributed by atoms with Crippen LogP contribution in [-0.2, 0) is 4.74 Å². The van der Waals surface area contributed by atoms with E-state index in [4.69, 9.17) is 18.9 Å². The molecule has 0 bridgehead atoms. The Hall–Kier alpha value is -3.56. The maximum Gasteiger partial charge on any atom is 0.273 e. The number of fused-ring (bicyclic) bond motifs is 1. The first-order valence-corrected chi connectivity index (χ1v) is 13.3. The average molecular weight is 521 g/mol. The van der Waals surface area contributed by atoms with Crippen LogP contribution in [0.15, 0.2) is 42.5 Å². The first kappa shape index (κ1) is 26.1. The van der Waals surface area contributed by atoms with Gasteiger partial charge in [-0.3, -0.25) is 14.8 Å². The van der Waals surface area contributed by atoms with Crippen molar-refractivity contribution >= 4 is 5.91 Å². The molecule has 2 aromatic carbocycles. The zero-order valence-electron chi connectivity index (χ0n) is 22.4. The Morgan fingerprint density at radius 2 is 1.82 bits per heavy atom. The van der Waals surface area contributed by atoms with E-state index in [-0.39, 0.29) is 11.9 Å². The summed E-state index contributed by atoms with van der Waals surface area (Å²) in [4.78, 5) is 18.1. The smallest absolute Gasteiger partial charge is 0.273 e. The lowest BCUT2D eigenvalue weighted by Crippen LogP contribution is -2.38. The van der Waals surface area contributed by atoms with Crippen molar-refractivity contribution in [3.63, 3.8) is 0 Å². The molecule has 0 aliphatic carbocycles. The number of ether oxygens (including phenoxy) is 4. The second-order valence-corrected chi connectivity index (χ2v) is 9.56. The van der Waals surface area contributed by atoms with E-state index in [1.54, 1.807) is 14.2 Å². The molecule has 2 aliphatic rings. The monoisotopic (exact) mass is 520 g/mol. The number of carbonyl (C=O) groups is 1. The highest BCUT2D eigenvalue weighted by atomic mass is 16.5. The van der Waals surface area contributed by atoms with E-state index in [9.17, 15) is 4.79 Å². The van der Waals surface area contributed by atoms with E-state index in [0.29, 0.717) is 30.3 Å². The fourth-order valence-electron chi connectivity index (χ4n) is 5.22. The number of aromatic amines is 1. The lowest BCUT2D eigenvalue weighted by atomic mass is 9.95. The second-order valence-electron chi connectivity index (χ2n) is 9.56. The van der Waals surface area contributed by atoms with Gasteiger partial charge in [-0.1, -0.05) is 13.0 Å². The minimum atomic E-state index is -0.299. The molecule has 0 radical (unpaired) electrons. The summed E-state index contributed by atoms with van der Waals surface area (Å²) in [6, 6.07) is 13.4. The minimum absolute atomic E-state index is 0.0375. The molecule has 1 unspecified atom stereocenters. The molecule has 2 aliphatic heterocycles. The molecular formula is C29H36N4O5. The van der Waals surface area contributed by atoms with Gasteiger partial charge in [-0.15, -0.1) is 0 Å². The molecule has 0 spiro atoms. The van der Waals surface area contributed by atoms with E-state index in [1.165, 1.54) is 0 Å². The number of morpholine rings is 1. The van der Waals surface area contributed by atoms with Crippen LogP contribution in [0.1, 0.15) is 47.4 Å². The molecule has 1 aromatic heterocycles. The molecule has 1 fully saturated rings. The molecular weight excluding hydrogens is 484 g/mol. The van der Waals surface area contributed by atoms with E-state index in [2.05, 4.69) is 22.0 Å². The number of carbonyl (C=O) groups excluding carboxylic acids is 1. The van der Waals surface area contributed by atoms with Crippen LogP contribution in [-0.4, -0.2) is 86.1 Å². The highest BCUT2D eigenvalue weighted by molar-refractivity contribution is 6.00. The largest absolute Gasteiger partial charge is 0.497 e. The van der Waals surface area contributed by atoms with Crippen molar-refractivity contribution in [3.8, 4) is 28.5 Å². The van der Waals surface area contributed by atoms with Crippen LogP contribution < -0.4 is 14.2 Å². The number of H-pyrrole nitrogens is 1. The Balaban J connectivity index is 1.49. The van der Waals surface area contributed by atoms with Gasteiger partial charge in [0.2, 0.25) is 0 Å². The van der Waals surface area contributed by atoms with Crippen LogP contribution in [0.25, 0.3) is 11.3 Å². The highest BCUT2D eigenvalue weighted by Crippen LogP contribution is 2.44. The third-order valence-corrected chi connectivity index (χ3v) is 7.17. The lowest BCUT2D eigenvalue weighted by molar-refractivity contribution is 0.0354. The van der Waals surface area contributed by atoms with Crippen molar-refractivity contribution in [2.45, 2.75) is 25.8 Å². The third kappa shape index (κ3) is 5.21. The number of aromatic nitrogens is 2. The van der Waals surface area contributed by atoms with Crippen molar-refractivity contribution in [2.24, 2.45) is 0 Å². The Kier molecular flexibility index (Phi) is 8.14. The van der Waals surface area contributed by atoms with Crippen LogP contribution in [0.2, 0.25) is 0 Å². The summed E-state index contributed by atoms with van der Waals surface area (Å²) in [6.45, 7) is 7.61. The Morgan fingerprint density at radius 1 is 1.03 bits per heavy atom. The van der Waals surface area contributed by atoms with E-state index >= 15 is 0 Å².